The molecule has 2 aromatic rings. The highest BCUT2D eigenvalue weighted by atomic mass is 32.1. The predicted molar refractivity (Wildman–Crippen MR) is 109 cm³/mol. The van der Waals surface area contributed by atoms with Gasteiger partial charge in [-0.25, -0.2) is 0 Å². The minimum Gasteiger partial charge on any atom is -0.484 e. The van der Waals surface area contributed by atoms with Gasteiger partial charge in [-0.05, 0) is 48.4 Å². The normalized spacial score (nSPS) is 13.9. The fourth-order valence-electron chi connectivity index (χ4n) is 2.56. The molecule has 0 bridgehead atoms. The van der Waals surface area contributed by atoms with Crippen LogP contribution in [0.2, 0.25) is 0 Å². The van der Waals surface area contributed by atoms with Gasteiger partial charge in [-0.3, -0.25) is 9.79 Å². The first kappa shape index (κ1) is 19.2. The Balaban J connectivity index is 1.40. The van der Waals surface area contributed by atoms with E-state index < -0.39 is 0 Å². The monoisotopic (exact) mass is 386 g/mol. The van der Waals surface area contributed by atoms with Gasteiger partial charge in [0.25, 0.3) is 5.91 Å². The Morgan fingerprint density at radius 1 is 1.26 bits per heavy atom. The molecule has 1 aliphatic rings. The van der Waals surface area contributed by atoms with E-state index in [4.69, 9.17) is 4.74 Å². The van der Waals surface area contributed by atoms with Crippen LogP contribution in [0.4, 0.5) is 0 Å². The summed E-state index contributed by atoms with van der Waals surface area (Å²) in [4.78, 5) is 17.3. The quantitative estimate of drug-likeness (QED) is 0.457. The lowest BCUT2D eigenvalue weighted by molar-refractivity contribution is -0.123. The summed E-state index contributed by atoms with van der Waals surface area (Å²) in [6, 6.07) is 12.3. The minimum atomic E-state index is -0.0589. The second-order valence-electron chi connectivity index (χ2n) is 6.46. The molecular formula is C20H26N4O2S. The van der Waals surface area contributed by atoms with Gasteiger partial charge in [-0.2, -0.15) is 0 Å². The first-order chi connectivity index (χ1) is 13.2. The number of amides is 1. The van der Waals surface area contributed by atoms with Crippen LogP contribution in [0.3, 0.4) is 0 Å². The fourth-order valence-corrected chi connectivity index (χ4v) is 3.27. The van der Waals surface area contributed by atoms with Gasteiger partial charge < -0.3 is 20.7 Å². The predicted octanol–water partition coefficient (Wildman–Crippen LogP) is 2.31. The van der Waals surface area contributed by atoms with Crippen molar-refractivity contribution in [2.24, 2.45) is 4.99 Å². The zero-order valence-electron chi connectivity index (χ0n) is 15.5. The number of carbonyl (C=O) groups excluding carboxylic acids is 1. The Kier molecular flexibility index (Phi) is 7.10. The van der Waals surface area contributed by atoms with Crippen LogP contribution in [0.1, 0.15) is 23.3 Å². The molecule has 1 aromatic heterocycles. The lowest BCUT2D eigenvalue weighted by atomic mass is 10.2. The van der Waals surface area contributed by atoms with Crippen LogP contribution in [0.25, 0.3) is 0 Å². The van der Waals surface area contributed by atoms with E-state index in [9.17, 15) is 4.79 Å². The highest BCUT2D eigenvalue weighted by molar-refractivity contribution is 7.09. The van der Waals surface area contributed by atoms with Gasteiger partial charge in [0.05, 0.1) is 0 Å². The summed E-state index contributed by atoms with van der Waals surface area (Å²) in [5.74, 6) is 1.40. The fraction of sp³-hybridized carbons (Fsp3) is 0.400. The molecule has 6 nitrogen and oxygen atoms in total. The zero-order valence-corrected chi connectivity index (χ0v) is 16.3. The highest BCUT2D eigenvalue weighted by Crippen LogP contribution is 2.18. The van der Waals surface area contributed by atoms with Gasteiger partial charge in [0.15, 0.2) is 12.6 Å². The van der Waals surface area contributed by atoms with Crippen molar-refractivity contribution < 1.29 is 9.53 Å². The molecule has 0 saturated heterocycles. The van der Waals surface area contributed by atoms with Gasteiger partial charge in [0, 0.05) is 31.1 Å². The van der Waals surface area contributed by atoms with Crippen molar-refractivity contribution >= 4 is 23.2 Å². The van der Waals surface area contributed by atoms with Crippen molar-refractivity contribution in [3.63, 3.8) is 0 Å². The number of benzene rings is 1. The summed E-state index contributed by atoms with van der Waals surface area (Å²) in [6.45, 7) is 1.52. The van der Waals surface area contributed by atoms with Crippen LogP contribution >= 0.6 is 11.3 Å². The number of guanidine groups is 1. The van der Waals surface area contributed by atoms with Gasteiger partial charge in [0.2, 0.25) is 0 Å². The second kappa shape index (κ2) is 9.97. The topological polar surface area (TPSA) is 74.8 Å². The maximum absolute atomic E-state index is 11.7. The molecule has 27 heavy (non-hydrogen) atoms. The average molecular weight is 387 g/mol. The Labute approximate surface area is 164 Å². The van der Waals surface area contributed by atoms with E-state index in [1.807, 2.05) is 24.3 Å². The Bertz CT molecular complexity index is 757. The number of carbonyl (C=O) groups is 1. The highest BCUT2D eigenvalue weighted by Gasteiger charge is 2.23. The summed E-state index contributed by atoms with van der Waals surface area (Å²) < 4.78 is 5.59. The summed E-state index contributed by atoms with van der Waals surface area (Å²) >= 11 is 1.76. The van der Waals surface area contributed by atoms with Crippen molar-refractivity contribution in [3.05, 3.63) is 52.2 Å². The molecule has 1 fully saturated rings. The summed E-state index contributed by atoms with van der Waals surface area (Å²) in [5.41, 5.74) is 1.07. The van der Waals surface area contributed by atoms with Crippen LogP contribution in [0.15, 0.2) is 46.8 Å². The Morgan fingerprint density at radius 3 is 2.89 bits per heavy atom. The molecule has 1 amide bonds. The van der Waals surface area contributed by atoms with Crippen molar-refractivity contribution in [3.8, 4) is 5.75 Å². The largest absolute Gasteiger partial charge is 0.484 e. The van der Waals surface area contributed by atoms with Gasteiger partial charge in [0.1, 0.15) is 5.75 Å². The summed E-state index contributed by atoms with van der Waals surface area (Å²) in [6.07, 6.45) is 3.13. The molecule has 144 valence electrons. The lowest BCUT2D eigenvalue weighted by Crippen LogP contribution is -2.37. The number of thiophene rings is 1. The van der Waals surface area contributed by atoms with Crippen LogP contribution in [0.5, 0.6) is 5.75 Å². The molecule has 7 heteroatoms. The minimum absolute atomic E-state index is 0.0549. The molecule has 0 aliphatic heterocycles. The third-order valence-corrected chi connectivity index (χ3v) is 5.07. The molecule has 0 radical (unpaired) electrons. The standard InChI is InChI=1S/C20H26N4O2S/c1-21-20(22-10-9-18-6-3-11-27-18)23-13-15-4-2-5-17(12-15)26-14-19(25)24-16-7-8-16/h2-6,11-12,16H,7-10,13-14H2,1H3,(H,24,25)(H2,21,22,23). The van der Waals surface area contributed by atoms with Crippen LogP contribution in [-0.2, 0) is 17.8 Å². The van der Waals surface area contributed by atoms with Gasteiger partial charge in [-0.1, -0.05) is 18.2 Å². The van der Waals surface area contributed by atoms with E-state index in [0.29, 0.717) is 18.3 Å². The number of hydrogen-bond acceptors (Lipinski definition) is 4. The van der Waals surface area contributed by atoms with Crippen LogP contribution < -0.4 is 20.7 Å². The molecule has 1 aliphatic carbocycles. The number of ether oxygens (including phenoxy) is 1. The van der Waals surface area contributed by atoms with Crippen LogP contribution in [-0.4, -0.2) is 38.1 Å². The smallest absolute Gasteiger partial charge is 0.258 e. The molecule has 3 rings (SSSR count). The number of aliphatic imine (C=N–C) groups is 1. The van der Waals surface area contributed by atoms with Crippen molar-refractivity contribution in [1.29, 1.82) is 0 Å². The molecule has 1 heterocycles. The number of nitrogens with one attached hydrogen (secondary N) is 3. The second-order valence-corrected chi connectivity index (χ2v) is 7.49. The Hall–Kier alpha value is -2.54. The zero-order chi connectivity index (χ0) is 18.9. The Morgan fingerprint density at radius 2 is 2.15 bits per heavy atom. The van der Waals surface area contributed by atoms with Crippen molar-refractivity contribution in [2.75, 3.05) is 20.2 Å². The van der Waals surface area contributed by atoms with E-state index >= 15 is 0 Å². The maximum Gasteiger partial charge on any atom is 0.258 e. The molecule has 3 N–H and O–H groups in total. The SMILES string of the molecule is CN=C(NCCc1cccs1)NCc1cccc(OCC(=O)NC2CC2)c1. The average Bonchev–Trinajstić information content (AvgIpc) is 3.34. The molecule has 0 spiro atoms. The molecular weight excluding hydrogens is 360 g/mol. The molecule has 1 aromatic carbocycles. The molecule has 0 atom stereocenters. The van der Waals surface area contributed by atoms with E-state index in [-0.39, 0.29) is 12.5 Å². The number of hydrogen-bond donors (Lipinski definition) is 3. The maximum atomic E-state index is 11.7. The first-order valence-electron chi connectivity index (χ1n) is 9.21. The van der Waals surface area contributed by atoms with E-state index in [2.05, 4.69) is 38.5 Å². The van der Waals surface area contributed by atoms with E-state index in [1.165, 1.54) is 4.88 Å². The van der Waals surface area contributed by atoms with E-state index in [1.54, 1.807) is 18.4 Å². The van der Waals surface area contributed by atoms with Crippen molar-refractivity contribution in [1.82, 2.24) is 16.0 Å². The molecule has 0 unspecified atom stereocenters. The van der Waals surface area contributed by atoms with Gasteiger partial charge in [-0.15, -0.1) is 11.3 Å². The number of nitrogens with zero attached hydrogens (tertiary/aromatic N) is 1. The van der Waals surface area contributed by atoms with Crippen LogP contribution in [0, 0.1) is 0 Å². The van der Waals surface area contributed by atoms with Crippen molar-refractivity contribution in [2.45, 2.75) is 31.8 Å². The van der Waals surface area contributed by atoms with Gasteiger partial charge >= 0.3 is 0 Å². The first-order valence-corrected chi connectivity index (χ1v) is 10.1. The number of rotatable bonds is 9. The summed E-state index contributed by atoms with van der Waals surface area (Å²) in [7, 11) is 1.76. The lowest BCUT2D eigenvalue weighted by Gasteiger charge is -2.12. The third kappa shape index (κ3) is 6.94. The van der Waals surface area contributed by atoms with E-state index in [0.717, 1.165) is 37.3 Å². The third-order valence-electron chi connectivity index (χ3n) is 4.14. The molecule has 1 saturated carbocycles. The summed E-state index contributed by atoms with van der Waals surface area (Å²) in [5, 5.41) is 11.6.